The molecule has 1 atom stereocenters. The number of likely N-dealkylation sites (tertiary alicyclic amines) is 1. The van der Waals surface area contributed by atoms with Crippen molar-refractivity contribution in [2.75, 3.05) is 19.7 Å². The van der Waals surface area contributed by atoms with Crippen LogP contribution in [0.25, 0.3) is 0 Å². The fourth-order valence-electron chi connectivity index (χ4n) is 2.71. The second-order valence-corrected chi connectivity index (χ2v) is 7.72. The van der Waals surface area contributed by atoms with E-state index in [4.69, 9.17) is 26.2 Å². The molecule has 1 saturated heterocycles. The van der Waals surface area contributed by atoms with Crippen LogP contribution >= 0.6 is 11.6 Å². The molecule has 1 aliphatic rings. The molecular weight excluding hydrogens is 365 g/mol. The molecule has 0 aromatic heterocycles. The van der Waals surface area contributed by atoms with Gasteiger partial charge >= 0.3 is 12.1 Å². The van der Waals surface area contributed by atoms with E-state index in [1.165, 1.54) is 11.0 Å². The summed E-state index contributed by atoms with van der Waals surface area (Å²) in [4.78, 5) is 24.4. The highest BCUT2D eigenvalue weighted by molar-refractivity contribution is 6.32. The van der Waals surface area contributed by atoms with Gasteiger partial charge in [0.1, 0.15) is 17.2 Å². The van der Waals surface area contributed by atoms with Crippen LogP contribution in [-0.4, -0.2) is 47.4 Å². The predicted molar refractivity (Wildman–Crippen MR) is 94.4 cm³/mol. The van der Waals surface area contributed by atoms with Crippen LogP contribution in [-0.2, 0) is 4.74 Å². The van der Waals surface area contributed by atoms with E-state index in [2.05, 4.69) is 0 Å². The van der Waals surface area contributed by atoms with Gasteiger partial charge in [0.25, 0.3) is 0 Å². The van der Waals surface area contributed by atoms with E-state index >= 15 is 0 Å². The van der Waals surface area contributed by atoms with Gasteiger partial charge in [-0.15, -0.1) is 0 Å². The molecule has 144 valence electrons. The maximum absolute atomic E-state index is 14.3. The molecule has 1 N–H and O–H groups in total. The second kappa shape index (κ2) is 8.12. The number of benzene rings is 1. The average Bonchev–Trinajstić information content (AvgIpc) is 2.53. The zero-order valence-corrected chi connectivity index (χ0v) is 15.8. The van der Waals surface area contributed by atoms with Crippen molar-refractivity contribution >= 4 is 23.7 Å². The molecule has 1 aromatic rings. The van der Waals surface area contributed by atoms with E-state index in [9.17, 15) is 14.0 Å². The number of esters is 1. The zero-order valence-electron chi connectivity index (χ0n) is 15.1. The summed E-state index contributed by atoms with van der Waals surface area (Å²) < 4.78 is 25.0. The third-order valence-electron chi connectivity index (χ3n) is 3.90. The maximum Gasteiger partial charge on any atom is 0.407 e. The highest BCUT2D eigenvalue weighted by atomic mass is 35.5. The predicted octanol–water partition coefficient (Wildman–Crippen LogP) is 4.20. The summed E-state index contributed by atoms with van der Waals surface area (Å²) in [7, 11) is 0. The summed E-state index contributed by atoms with van der Waals surface area (Å²) in [6.07, 6.45) is 0.611. The highest BCUT2D eigenvalue weighted by Crippen LogP contribution is 2.30. The second-order valence-electron chi connectivity index (χ2n) is 7.31. The Morgan fingerprint density at radius 3 is 2.69 bits per heavy atom. The quantitative estimate of drug-likeness (QED) is 0.783. The molecule has 0 bridgehead atoms. The number of ether oxygens (including phenoxy) is 2. The summed E-state index contributed by atoms with van der Waals surface area (Å²) >= 11 is 6.11. The SMILES string of the molecule is CC(C)(C)OC(=O)c1cc(Cl)c(OCC2CCCN(C(=O)O)C2)cc1F. The minimum Gasteiger partial charge on any atom is -0.492 e. The molecule has 2 rings (SSSR count). The average molecular weight is 388 g/mol. The number of rotatable bonds is 4. The molecule has 1 unspecified atom stereocenters. The molecule has 1 aliphatic heterocycles. The van der Waals surface area contributed by atoms with Crippen LogP contribution in [0.1, 0.15) is 44.0 Å². The Balaban J connectivity index is 2.03. The van der Waals surface area contributed by atoms with Crippen molar-refractivity contribution in [2.24, 2.45) is 5.92 Å². The number of carbonyl (C=O) groups is 2. The summed E-state index contributed by atoms with van der Waals surface area (Å²) in [5.74, 6) is -1.46. The number of halogens is 2. The van der Waals surface area contributed by atoms with Gasteiger partial charge in [-0.2, -0.15) is 0 Å². The number of amides is 1. The summed E-state index contributed by atoms with van der Waals surface area (Å²) in [6, 6.07) is 2.24. The molecule has 1 fully saturated rings. The van der Waals surface area contributed by atoms with Gasteiger partial charge in [-0.25, -0.2) is 14.0 Å². The number of hydrogen-bond donors (Lipinski definition) is 1. The molecule has 0 saturated carbocycles. The Kier molecular flexibility index (Phi) is 6.34. The molecule has 6 nitrogen and oxygen atoms in total. The van der Waals surface area contributed by atoms with Crippen molar-refractivity contribution < 1.29 is 28.6 Å². The third kappa shape index (κ3) is 5.49. The first-order chi connectivity index (χ1) is 12.1. The maximum atomic E-state index is 14.3. The molecule has 0 spiro atoms. The third-order valence-corrected chi connectivity index (χ3v) is 4.20. The van der Waals surface area contributed by atoms with Gasteiger partial charge in [0.2, 0.25) is 0 Å². The topological polar surface area (TPSA) is 76.1 Å². The van der Waals surface area contributed by atoms with Gasteiger partial charge < -0.3 is 19.5 Å². The summed E-state index contributed by atoms with van der Waals surface area (Å²) in [6.45, 7) is 6.15. The van der Waals surface area contributed by atoms with Crippen LogP contribution in [0.2, 0.25) is 5.02 Å². The van der Waals surface area contributed by atoms with Crippen molar-refractivity contribution in [1.29, 1.82) is 0 Å². The number of carboxylic acid groups (broad SMARTS) is 1. The first-order valence-corrected chi connectivity index (χ1v) is 8.77. The number of carbonyl (C=O) groups excluding carboxylic acids is 1. The lowest BCUT2D eigenvalue weighted by atomic mass is 9.99. The number of piperidine rings is 1. The first-order valence-electron chi connectivity index (χ1n) is 8.40. The minimum absolute atomic E-state index is 0.00418. The van der Waals surface area contributed by atoms with Crippen molar-refractivity contribution in [3.8, 4) is 5.75 Å². The first kappa shape index (κ1) is 20.3. The largest absolute Gasteiger partial charge is 0.492 e. The number of nitrogens with zero attached hydrogens (tertiary/aromatic N) is 1. The lowest BCUT2D eigenvalue weighted by Crippen LogP contribution is -2.40. The fourth-order valence-corrected chi connectivity index (χ4v) is 2.93. The van der Waals surface area contributed by atoms with Gasteiger partial charge in [-0.05, 0) is 39.7 Å². The molecule has 1 amide bonds. The standard InChI is InChI=1S/C18H23ClFNO5/c1-18(2,3)26-16(22)12-7-13(19)15(8-14(12)20)25-10-11-5-4-6-21(9-11)17(23)24/h7-8,11H,4-6,9-10H2,1-3H3,(H,23,24). The normalized spacial score (nSPS) is 17.7. The Morgan fingerprint density at radius 2 is 2.08 bits per heavy atom. The van der Waals surface area contributed by atoms with Crippen LogP contribution in [0.4, 0.5) is 9.18 Å². The van der Waals surface area contributed by atoms with Crippen LogP contribution < -0.4 is 4.74 Å². The van der Waals surface area contributed by atoms with Crippen molar-refractivity contribution in [3.05, 3.63) is 28.5 Å². The van der Waals surface area contributed by atoms with E-state index in [0.717, 1.165) is 18.9 Å². The van der Waals surface area contributed by atoms with Crippen LogP contribution in [0, 0.1) is 11.7 Å². The molecule has 1 heterocycles. The molecule has 26 heavy (non-hydrogen) atoms. The molecule has 1 aromatic carbocycles. The van der Waals surface area contributed by atoms with Crippen LogP contribution in [0.15, 0.2) is 12.1 Å². The van der Waals surface area contributed by atoms with Crippen molar-refractivity contribution in [1.82, 2.24) is 4.90 Å². The lowest BCUT2D eigenvalue weighted by molar-refractivity contribution is 0.00646. The number of hydrogen-bond acceptors (Lipinski definition) is 4. The minimum atomic E-state index is -0.958. The van der Waals surface area contributed by atoms with Crippen molar-refractivity contribution in [2.45, 2.75) is 39.2 Å². The molecular formula is C18H23ClFNO5. The van der Waals surface area contributed by atoms with Crippen molar-refractivity contribution in [3.63, 3.8) is 0 Å². The molecule has 0 radical (unpaired) electrons. The monoisotopic (exact) mass is 387 g/mol. The lowest BCUT2D eigenvalue weighted by Gasteiger charge is -2.30. The smallest absolute Gasteiger partial charge is 0.407 e. The van der Waals surface area contributed by atoms with E-state index in [1.807, 2.05) is 0 Å². The zero-order chi connectivity index (χ0) is 19.5. The molecule has 8 heteroatoms. The van der Waals surface area contributed by atoms with E-state index in [1.54, 1.807) is 20.8 Å². The Morgan fingerprint density at radius 1 is 1.38 bits per heavy atom. The van der Waals surface area contributed by atoms with E-state index < -0.39 is 23.5 Å². The van der Waals surface area contributed by atoms with Gasteiger partial charge in [0, 0.05) is 25.1 Å². The fraction of sp³-hybridized carbons (Fsp3) is 0.556. The Hall–Kier alpha value is -2.02. The van der Waals surface area contributed by atoms with Gasteiger partial charge in [0.15, 0.2) is 0 Å². The van der Waals surface area contributed by atoms with Gasteiger partial charge in [-0.3, -0.25) is 0 Å². The Bertz CT molecular complexity index is 689. The molecule has 0 aliphatic carbocycles. The van der Waals surface area contributed by atoms with E-state index in [-0.39, 0.29) is 28.9 Å². The highest BCUT2D eigenvalue weighted by Gasteiger charge is 2.25. The van der Waals surface area contributed by atoms with E-state index in [0.29, 0.717) is 13.1 Å². The Labute approximate surface area is 156 Å². The van der Waals surface area contributed by atoms with Gasteiger partial charge in [-0.1, -0.05) is 11.6 Å². The summed E-state index contributed by atoms with van der Waals surface area (Å²) in [5, 5.41) is 9.15. The van der Waals surface area contributed by atoms with Crippen LogP contribution in [0.3, 0.4) is 0 Å². The van der Waals surface area contributed by atoms with Crippen LogP contribution in [0.5, 0.6) is 5.75 Å². The summed E-state index contributed by atoms with van der Waals surface area (Å²) in [5.41, 5.74) is -1.01. The van der Waals surface area contributed by atoms with Gasteiger partial charge in [0.05, 0.1) is 17.2 Å².